The molecule has 0 aliphatic carbocycles. The van der Waals surface area contributed by atoms with Gasteiger partial charge in [0.05, 0.1) is 0 Å². The topological polar surface area (TPSA) is 22.1 Å². The minimum Gasteiger partial charge on any atom is -0.405 e. The van der Waals surface area contributed by atoms with Crippen molar-refractivity contribution in [2.45, 2.75) is 18.1 Å². The Labute approximate surface area is 109 Å². The normalized spacial score (nSPS) is 12.0. The van der Waals surface area contributed by atoms with Gasteiger partial charge < -0.3 is 4.74 Å². The summed E-state index contributed by atoms with van der Waals surface area (Å²) in [5.74, 6) is -0.702. The van der Waals surface area contributed by atoms with Crippen LogP contribution in [0, 0.1) is 0 Å². The van der Waals surface area contributed by atoms with Gasteiger partial charge in [-0.25, -0.2) is 13.8 Å². The zero-order valence-corrected chi connectivity index (χ0v) is 11.0. The molecule has 0 radical (unpaired) electrons. The zero-order valence-electron chi connectivity index (χ0n) is 7.86. The highest BCUT2D eigenvalue weighted by Crippen LogP contribution is 2.34. The Kier molecular flexibility index (Phi) is 4.70. The number of hydrogen-bond acceptors (Lipinski definition) is 2. The Hall–Kier alpha value is -0.440. The second-order valence-corrected chi connectivity index (χ2v) is 4.11. The summed E-state index contributed by atoms with van der Waals surface area (Å²) in [6.45, 7) is 0. The van der Waals surface area contributed by atoms with Crippen molar-refractivity contribution in [1.29, 1.82) is 0 Å². The lowest BCUT2D eigenvalue weighted by Gasteiger charge is -2.14. The third-order valence-corrected chi connectivity index (χ3v) is 2.85. The fourth-order valence-electron chi connectivity index (χ4n) is 0.985. The molecule has 1 aromatic heterocycles. The molecule has 9 heteroatoms. The molecule has 0 amide bonds. The summed E-state index contributed by atoms with van der Waals surface area (Å²) in [4.78, 5) is 3.42. The molecule has 0 unspecified atom stereocenters. The van der Waals surface area contributed by atoms with Crippen LogP contribution in [0.1, 0.15) is 17.7 Å². The minimum absolute atomic E-state index is 0.00623. The molecule has 0 atom stereocenters. The van der Waals surface area contributed by atoms with Gasteiger partial charge in [-0.2, -0.15) is 0 Å². The van der Waals surface area contributed by atoms with E-state index in [2.05, 4.69) is 41.6 Å². The largest absolute Gasteiger partial charge is 0.573 e. The molecule has 1 aromatic rings. The number of pyridine rings is 1. The van der Waals surface area contributed by atoms with Crippen molar-refractivity contribution in [2.24, 2.45) is 0 Å². The van der Waals surface area contributed by atoms with Crippen molar-refractivity contribution in [2.75, 3.05) is 0 Å². The van der Waals surface area contributed by atoms with Gasteiger partial charge in [0.1, 0.15) is 16.0 Å². The highest BCUT2D eigenvalue weighted by molar-refractivity contribution is 9.10. The molecule has 17 heavy (non-hydrogen) atoms. The van der Waals surface area contributed by atoms with Crippen molar-refractivity contribution in [3.63, 3.8) is 0 Å². The number of halogens is 7. The Morgan fingerprint density at radius 2 is 1.94 bits per heavy atom. The third-order valence-electron chi connectivity index (χ3n) is 1.64. The Morgan fingerprint density at radius 1 is 1.35 bits per heavy atom. The third kappa shape index (κ3) is 4.06. The SMILES string of the molecule is FC(F)c1cc(OC(F)(F)F)c(CBr)c(Br)n1. The Balaban J connectivity index is 3.24. The lowest BCUT2D eigenvalue weighted by Crippen LogP contribution is -2.18. The maximum Gasteiger partial charge on any atom is 0.573 e. The van der Waals surface area contributed by atoms with E-state index in [1.165, 1.54) is 0 Å². The van der Waals surface area contributed by atoms with E-state index in [9.17, 15) is 22.0 Å². The molecule has 0 fully saturated rings. The van der Waals surface area contributed by atoms with Gasteiger partial charge >= 0.3 is 6.36 Å². The van der Waals surface area contributed by atoms with Crippen molar-refractivity contribution in [1.82, 2.24) is 4.98 Å². The van der Waals surface area contributed by atoms with Gasteiger partial charge in [-0.15, -0.1) is 13.2 Å². The van der Waals surface area contributed by atoms with E-state index in [0.29, 0.717) is 6.07 Å². The summed E-state index contributed by atoms with van der Waals surface area (Å²) in [6, 6.07) is 0.569. The second-order valence-electron chi connectivity index (χ2n) is 2.80. The highest BCUT2D eigenvalue weighted by Gasteiger charge is 2.33. The Bertz CT molecular complexity index is 410. The average molecular weight is 385 g/mol. The van der Waals surface area contributed by atoms with Gasteiger partial charge in [0.2, 0.25) is 0 Å². The van der Waals surface area contributed by atoms with Crippen LogP contribution in [0.3, 0.4) is 0 Å². The van der Waals surface area contributed by atoms with Crippen molar-refractivity contribution < 1.29 is 26.7 Å². The summed E-state index contributed by atoms with van der Waals surface area (Å²) >= 11 is 5.74. The molecule has 0 saturated carbocycles. The molecule has 0 saturated heterocycles. The van der Waals surface area contributed by atoms with E-state index >= 15 is 0 Å². The standard InChI is InChI=1S/C8H4Br2F5NO/c9-2-3-5(17-8(13,14)15)1-4(7(11)12)16-6(3)10/h1,7H,2H2. The molecule has 1 heterocycles. The molecule has 0 spiro atoms. The highest BCUT2D eigenvalue weighted by atomic mass is 79.9. The molecule has 0 N–H and O–H groups in total. The summed E-state index contributed by atoms with van der Waals surface area (Å²) in [7, 11) is 0. The molecule has 0 aliphatic heterocycles. The van der Waals surface area contributed by atoms with E-state index in [0.717, 1.165) is 0 Å². The predicted molar refractivity (Wildman–Crippen MR) is 56.2 cm³/mol. The van der Waals surface area contributed by atoms with Gasteiger partial charge in [-0.05, 0) is 15.9 Å². The van der Waals surface area contributed by atoms with Crippen LogP contribution in [0.25, 0.3) is 0 Å². The van der Waals surface area contributed by atoms with Crippen molar-refractivity contribution in [3.8, 4) is 5.75 Å². The van der Waals surface area contributed by atoms with Gasteiger partial charge in [-0.1, -0.05) is 15.9 Å². The first-order valence-corrected chi connectivity index (χ1v) is 5.95. The molecule has 96 valence electrons. The fourth-order valence-corrected chi connectivity index (χ4v) is 2.44. The van der Waals surface area contributed by atoms with Gasteiger partial charge in [-0.3, -0.25) is 0 Å². The maximum atomic E-state index is 12.4. The quantitative estimate of drug-likeness (QED) is 0.432. The molecule has 0 aliphatic rings. The summed E-state index contributed by atoms with van der Waals surface area (Å²) in [5, 5.41) is -0.0183. The van der Waals surface area contributed by atoms with Crippen LogP contribution in [0.5, 0.6) is 5.75 Å². The van der Waals surface area contributed by atoms with Gasteiger partial charge in [0.15, 0.2) is 0 Å². The first-order chi connectivity index (χ1) is 7.74. The minimum atomic E-state index is -4.95. The van der Waals surface area contributed by atoms with E-state index < -0.39 is 24.2 Å². The van der Waals surface area contributed by atoms with Crippen LogP contribution in [0.15, 0.2) is 10.7 Å². The Morgan fingerprint density at radius 3 is 2.35 bits per heavy atom. The number of alkyl halides is 6. The van der Waals surface area contributed by atoms with Gasteiger partial charge in [0, 0.05) is 17.0 Å². The number of aromatic nitrogens is 1. The molecule has 0 aromatic carbocycles. The summed E-state index contributed by atoms with van der Waals surface area (Å²) in [6.07, 6.45) is -7.93. The first kappa shape index (κ1) is 14.6. The lowest BCUT2D eigenvalue weighted by molar-refractivity contribution is -0.274. The molecule has 1 rings (SSSR count). The average Bonchev–Trinajstić information content (AvgIpc) is 2.14. The molecule has 0 bridgehead atoms. The number of hydrogen-bond donors (Lipinski definition) is 0. The number of rotatable bonds is 3. The van der Waals surface area contributed by atoms with Crippen molar-refractivity contribution in [3.05, 3.63) is 21.9 Å². The van der Waals surface area contributed by atoms with Crippen LogP contribution in [0.4, 0.5) is 22.0 Å². The van der Waals surface area contributed by atoms with Crippen LogP contribution in [-0.4, -0.2) is 11.3 Å². The van der Waals surface area contributed by atoms with Gasteiger partial charge in [0.25, 0.3) is 6.43 Å². The van der Waals surface area contributed by atoms with E-state index in [1.807, 2.05) is 0 Å². The van der Waals surface area contributed by atoms with E-state index in [-0.39, 0.29) is 15.5 Å². The number of nitrogens with zero attached hydrogens (tertiary/aromatic N) is 1. The number of ether oxygens (including phenoxy) is 1. The monoisotopic (exact) mass is 383 g/mol. The van der Waals surface area contributed by atoms with E-state index in [4.69, 9.17) is 0 Å². The second kappa shape index (κ2) is 5.47. The maximum absolute atomic E-state index is 12.4. The molecular weight excluding hydrogens is 381 g/mol. The van der Waals surface area contributed by atoms with Crippen LogP contribution >= 0.6 is 31.9 Å². The van der Waals surface area contributed by atoms with Crippen LogP contribution < -0.4 is 4.74 Å². The predicted octanol–water partition coefficient (Wildman–Crippen LogP) is 4.58. The first-order valence-electron chi connectivity index (χ1n) is 4.03. The molecular formula is C8H4Br2F5NO. The summed E-state index contributed by atoms with van der Waals surface area (Å²) < 4.78 is 64.5. The smallest absolute Gasteiger partial charge is 0.405 e. The molecule has 2 nitrogen and oxygen atoms in total. The van der Waals surface area contributed by atoms with Crippen molar-refractivity contribution >= 4 is 31.9 Å². The fraction of sp³-hybridized carbons (Fsp3) is 0.375. The lowest BCUT2D eigenvalue weighted by atomic mass is 10.2. The van der Waals surface area contributed by atoms with E-state index in [1.54, 1.807) is 0 Å². The van der Waals surface area contributed by atoms with Crippen LogP contribution in [0.2, 0.25) is 0 Å². The zero-order chi connectivity index (χ0) is 13.2. The van der Waals surface area contributed by atoms with Crippen LogP contribution in [-0.2, 0) is 5.33 Å². The summed E-state index contributed by atoms with van der Waals surface area (Å²) in [5.41, 5.74) is -0.785.